The van der Waals surface area contributed by atoms with E-state index in [-0.39, 0.29) is 6.42 Å². The van der Waals surface area contributed by atoms with Crippen LogP contribution >= 0.6 is 0 Å². The molecular weight excluding hydrogens is 264 g/mol. The van der Waals surface area contributed by atoms with Crippen molar-refractivity contribution in [1.82, 2.24) is 9.38 Å². The van der Waals surface area contributed by atoms with Crippen molar-refractivity contribution in [3.8, 4) is 11.3 Å². The molecule has 0 spiro atoms. The zero-order valence-electron chi connectivity index (χ0n) is 12.0. The van der Waals surface area contributed by atoms with Crippen LogP contribution in [0.5, 0.6) is 0 Å². The van der Waals surface area contributed by atoms with E-state index in [1.807, 2.05) is 47.9 Å². The number of carboxylic acids is 1. The van der Waals surface area contributed by atoms with E-state index in [0.717, 1.165) is 16.9 Å². The summed E-state index contributed by atoms with van der Waals surface area (Å²) in [7, 11) is 0. The smallest absolute Gasteiger partial charge is 0.309 e. The molecule has 0 saturated heterocycles. The van der Waals surface area contributed by atoms with Crippen LogP contribution in [0.2, 0.25) is 0 Å². The minimum absolute atomic E-state index is 0.0482. The van der Waals surface area contributed by atoms with Gasteiger partial charge in [-0.15, -0.1) is 0 Å². The van der Waals surface area contributed by atoms with Gasteiger partial charge in [0, 0.05) is 11.8 Å². The molecule has 1 N–H and O–H groups in total. The minimum Gasteiger partial charge on any atom is -0.481 e. The Bertz CT molecular complexity index is 834. The second kappa shape index (κ2) is 5.05. The number of imidazole rings is 1. The summed E-state index contributed by atoms with van der Waals surface area (Å²) in [6.07, 6.45) is 1.80. The molecule has 2 heterocycles. The molecule has 1 aromatic carbocycles. The Morgan fingerprint density at radius 2 is 2.00 bits per heavy atom. The molecule has 3 aromatic rings. The summed E-state index contributed by atoms with van der Waals surface area (Å²) >= 11 is 0. The van der Waals surface area contributed by atoms with E-state index < -0.39 is 5.97 Å². The fraction of sp³-hybridized carbons (Fsp3) is 0.176. The van der Waals surface area contributed by atoms with Crippen LogP contribution in [-0.4, -0.2) is 20.5 Å². The molecular formula is C17H16N2O2. The molecule has 0 aliphatic rings. The fourth-order valence-electron chi connectivity index (χ4n) is 2.48. The number of aliphatic carboxylic acids is 1. The molecule has 21 heavy (non-hydrogen) atoms. The van der Waals surface area contributed by atoms with Gasteiger partial charge < -0.3 is 9.51 Å². The molecule has 0 unspecified atom stereocenters. The van der Waals surface area contributed by atoms with Crippen LogP contribution in [0.1, 0.15) is 16.8 Å². The largest absolute Gasteiger partial charge is 0.481 e. The molecule has 106 valence electrons. The van der Waals surface area contributed by atoms with Crippen LogP contribution in [0.4, 0.5) is 0 Å². The Labute approximate surface area is 122 Å². The summed E-state index contributed by atoms with van der Waals surface area (Å²) in [5.74, 6) is -0.856. The first-order valence-corrected chi connectivity index (χ1v) is 6.81. The van der Waals surface area contributed by atoms with Gasteiger partial charge in [0.15, 0.2) is 0 Å². The van der Waals surface area contributed by atoms with E-state index >= 15 is 0 Å². The van der Waals surface area contributed by atoms with Gasteiger partial charge in [0.2, 0.25) is 0 Å². The quantitative estimate of drug-likeness (QED) is 0.801. The first kappa shape index (κ1) is 13.4. The van der Waals surface area contributed by atoms with Crippen molar-refractivity contribution in [3.05, 3.63) is 59.4 Å². The third kappa shape index (κ3) is 2.40. The number of hydrogen-bond acceptors (Lipinski definition) is 2. The molecule has 2 aromatic heterocycles. The van der Waals surface area contributed by atoms with Gasteiger partial charge in [0.05, 0.1) is 17.8 Å². The van der Waals surface area contributed by atoms with E-state index in [2.05, 4.69) is 18.0 Å². The van der Waals surface area contributed by atoms with Gasteiger partial charge in [-0.2, -0.15) is 0 Å². The normalized spacial score (nSPS) is 11.0. The number of carbonyl (C=O) groups is 1. The Kier molecular flexibility index (Phi) is 3.22. The summed E-state index contributed by atoms with van der Waals surface area (Å²) < 4.78 is 1.85. The van der Waals surface area contributed by atoms with E-state index in [9.17, 15) is 9.90 Å². The maximum Gasteiger partial charge on any atom is 0.309 e. The molecule has 4 heteroatoms. The van der Waals surface area contributed by atoms with E-state index in [1.54, 1.807) is 0 Å². The molecule has 0 atom stereocenters. The van der Waals surface area contributed by atoms with Crippen molar-refractivity contribution in [2.75, 3.05) is 0 Å². The summed E-state index contributed by atoms with van der Waals surface area (Å²) in [5, 5.41) is 9.17. The lowest BCUT2D eigenvalue weighted by atomic mass is 10.0. The van der Waals surface area contributed by atoms with E-state index in [1.165, 1.54) is 11.1 Å². The number of rotatable bonds is 3. The summed E-state index contributed by atoms with van der Waals surface area (Å²) in [5.41, 5.74) is 5.56. The monoisotopic (exact) mass is 280 g/mol. The Morgan fingerprint density at radius 3 is 2.71 bits per heavy atom. The highest BCUT2D eigenvalue weighted by Gasteiger charge is 2.16. The Morgan fingerprint density at radius 1 is 1.19 bits per heavy atom. The zero-order chi connectivity index (χ0) is 15.0. The van der Waals surface area contributed by atoms with E-state index in [4.69, 9.17) is 0 Å². The number of benzene rings is 1. The van der Waals surface area contributed by atoms with Crippen LogP contribution in [0.25, 0.3) is 16.9 Å². The number of hydrogen-bond donors (Lipinski definition) is 1. The van der Waals surface area contributed by atoms with Gasteiger partial charge in [0.1, 0.15) is 5.65 Å². The summed E-state index contributed by atoms with van der Waals surface area (Å²) in [6, 6.07) is 11.8. The molecule has 3 rings (SSSR count). The van der Waals surface area contributed by atoms with Crippen LogP contribution in [0, 0.1) is 13.8 Å². The van der Waals surface area contributed by atoms with E-state index in [0.29, 0.717) is 5.69 Å². The molecule has 0 fully saturated rings. The Hall–Kier alpha value is -2.62. The maximum atomic E-state index is 11.2. The number of aryl methyl sites for hydroxylation is 2. The average molecular weight is 280 g/mol. The lowest BCUT2D eigenvalue weighted by Crippen LogP contribution is -2.04. The SMILES string of the molecule is Cc1ccc(-c2nc3ccccn3c2CC(=O)O)cc1C. The molecule has 0 saturated carbocycles. The van der Waals surface area contributed by atoms with Crippen LogP contribution in [-0.2, 0) is 11.2 Å². The highest BCUT2D eigenvalue weighted by molar-refractivity contribution is 5.76. The fourth-order valence-corrected chi connectivity index (χ4v) is 2.48. The second-order valence-corrected chi connectivity index (χ2v) is 5.21. The maximum absolute atomic E-state index is 11.2. The highest BCUT2D eigenvalue weighted by Crippen LogP contribution is 2.26. The summed E-state index contributed by atoms with van der Waals surface area (Å²) in [4.78, 5) is 15.8. The van der Waals surface area contributed by atoms with Crippen molar-refractivity contribution in [3.63, 3.8) is 0 Å². The average Bonchev–Trinajstić information content (AvgIpc) is 2.80. The van der Waals surface area contributed by atoms with Gasteiger partial charge in [-0.1, -0.05) is 18.2 Å². The predicted molar refractivity (Wildman–Crippen MR) is 81.4 cm³/mol. The van der Waals surface area contributed by atoms with Gasteiger partial charge in [-0.3, -0.25) is 4.79 Å². The summed E-state index contributed by atoms with van der Waals surface area (Å²) in [6.45, 7) is 4.10. The number of carboxylic acid groups (broad SMARTS) is 1. The number of aromatic nitrogens is 2. The Balaban J connectivity index is 2.25. The van der Waals surface area contributed by atoms with Crippen molar-refractivity contribution in [1.29, 1.82) is 0 Å². The zero-order valence-corrected chi connectivity index (χ0v) is 12.0. The van der Waals surface area contributed by atoms with Gasteiger partial charge >= 0.3 is 5.97 Å². The van der Waals surface area contributed by atoms with Crippen molar-refractivity contribution in [2.24, 2.45) is 0 Å². The van der Waals surface area contributed by atoms with Gasteiger partial charge in [0.25, 0.3) is 0 Å². The molecule has 0 aliphatic heterocycles. The van der Waals surface area contributed by atoms with Crippen molar-refractivity contribution < 1.29 is 9.90 Å². The molecule has 0 aliphatic carbocycles. The third-order valence-corrected chi connectivity index (χ3v) is 3.73. The lowest BCUT2D eigenvalue weighted by Gasteiger charge is -2.05. The molecule has 0 radical (unpaired) electrons. The molecule has 4 nitrogen and oxygen atoms in total. The standard InChI is InChI=1S/C17H16N2O2/c1-11-6-7-13(9-12(11)2)17-14(10-16(20)21)19-8-4-3-5-15(19)18-17/h3-9H,10H2,1-2H3,(H,20,21). The van der Waals surface area contributed by atoms with Gasteiger partial charge in [-0.05, 0) is 43.2 Å². The number of nitrogens with zero attached hydrogens (tertiary/aromatic N) is 2. The minimum atomic E-state index is -0.856. The first-order valence-electron chi connectivity index (χ1n) is 6.81. The number of pyridine rings is 1. The predicted octanol–water partition coefficient (Wildman–Crippen LogP) is 3.25. The third-order valence-electron chi connectivity index (χ3n) is 3.73. The van der Waals surface area contributed by atoms with Crippen molar-refractivity contribution >= 4 is 11.6 Å². The van der Waals surface area contributed by atoms with Crippen molar-refractivity contribution in [2.45, 2.75) is 20.3 Å². The first-order chi connectivity index (χ1) is 10.1. The second-order valence-electron chi connectivity index (χ2n) is 5.21. The van der Waals surface area contributed by atoms with Crippen LogP contribution in [0.15, 0.2) is 42.6 Å². The topological polar surface area (TPSA) is 54.6 Å². The van der Waals surface area contributed by atoms with Crippen LogP contribution in [0.3, 0.4) is 0 Å². The lowest BCUT2D eigenvalue weighted by molar-refractivity contribution is -0.136. The highest BCUT2D eigenvalue weighted by atomic mass is 16.4. The van der Waals surface area contributed by atoms with Crippen LogP contribution < -0.4 is 0 Å². The molecule has 0 amide bonds. The van der Waals surface area contributed by atoms with Gasteiger partial charge in [-0.25, -0.2) is 4.98 Å². The molecule has 0 bridgehead atoms. The number of fused-ring (bicyclic) bond motifs is 1.